The van der Waals surface area contributed by atoms with E-state index in [1.54, 1.807) is 0 Å². The van der Waals surface area contributed by atoms with Crippen LogP contribution in [-0.2, 0) is 5.60 Å². The van der Waals surface area contributed by atoms with E-state index in [0.29, 0.717) is 18.6 Å². The van der Waals surface area contributed by atoms with Crippen LogP contribution in [0.4, 0.5) is 0 Å². The lowest BCUT2D eigenvalue weighted by molar-refractivity contribution is -0.0225. The second kappa shape index (κ2) is 4.11. The summed E-state index contributed by atoms with van der Waals surface area (Å²) < 4.78 is 5.89. The molecule has 3 rings (SSSR count). The monoisotopic (exact) mass is 245 g/mol. The van der Waals surface area contributed by atoms with Gasteiger partial charge in [-0.25, -0.2) is 0 Å². The minimum Gasteiger partial charge on any atom is -0.458 e. The average Bonchev–Trinajstić information content (AvgIpc) is 2.79. The Bertz CT molecular complexity index is 565. The molecule has 18 heavy (non-hydrogen) atoms. The number of benzene rings is 1. The molecule has 1 saturated carbocycles. The van der Waals surface area contributed by atoms with Crippen molar-refractivity contribution < 1.29 is 9.52 Å². The molecule has 1 aliphatic rings. The summed E-state index contributed by atoms with van der Waals surface area (Å²) in [6, 6.07) is 8.25. The predicted octanol–water partition coefficient (Wildman–Crippen LogP) is 2.83. The van der Waals surface area contributed by atoms with E-state index in [-0.39, 0.29) is 6.04 Å². The van der Waals surface area contributed by atoms with E-state index in [4.69, 9.17) is 10.2 Å². The van der Waals surface area contributed by atoms with Crippen molar-refractivity contribution in [1.82, 2.24) is 0 Å². The lowest BCUT2D eigenvalue weighted by Crippen LogP contribution is -2.36. The fraction of sp³-hybridized carbons (Fsp3) is 0.467. The first kappa shape index (κ1) is 11.8. The molecule has 1 aliphatic carbocycles. The smallest absolute Gasteiger partial charge is 0.137 e. The Labute approximate surface area is 107 Å². The molecule has 0 atom stereocenters. The van der Waals surface area contributed by atoms with Gasteiger partial charge in [0.2, 0.25) is 0 Å². The number of para-hydroxylation sites is 1. The van der Waals surface area contributed by atoms with E-state index in [9.17, 15) is 5.11 Å². The molecule has 0 amide bonds. The van der Waals surface area contributed by atoms with E-state index >= 15 is 0 Å². The summed E-state index contributed by atoms with van der Waals surface area (Å²) in [7, 11) is 0. The summed E-state index contributed by atoms with van der Waals surface area (Å²) in [5, 5.41) is 11.8. The van der Waals surface area contributed by atoms with Gasteiger partial charge < -0.3 is 15.3 Å². The molecule has 3 N–H and O–H groups in total. The van der Waals surface area contributed by atoms with Crippen molar-refractivity contribution in [3.63, 3.8) is 0 Å². The Morgan fingerprint density at radius 1 is 1.33 bits per heavy atom. The highest BCUT2D eigenvalue weighted by Crippen LogP contribution is 2.39. The highest BCUT2D eigenvalue weighted by molar-refractivity contribution is 5.81. The van der Waals surface area contributed by atoms with Gasteiger partial charge in [0.1, 0.15) is 16.9 Å². The van der Waals surface area contributed by atoms with Gasteiger partial charge in [-0.2, -0.15) is 0 Å². The first-order chi connectivity index (χ1) is 8.58. The second-order valence-corrected chi connectivity index (χ2v) is 5.47. The van der Waals surface area contributed by atoms with Crippen molar-refractivity contribution >= 4 is 11.0 Å². The van der Waals surface area contributed by atoms with Crippen LogP contribution < -0.4 is 5.73 Å². The summed E-state index contributed by atoms with van der Waals surface area (Å²) in [5.41, 5.74) is 7.05. The maximum absolute atomic E-state index is 10.7. The summed E-state index contributed by atoms with van der Waals surface area (Å²) >= 11 is 0. The summed E-state index contributed by atoms with van der Waals surface area (Å²) in [5.74, 6) is 0.693. The Hall–Kier alpha value is -1.32. The SMILES string of the molecule is Cc1cccc2cc(C3(O)CCC(N)CC3)oc12. The van der Waals surface area contributed by atoms with Gasteiger partial charge in [-0.05, 0) is 44.2 Å². The third-order valence-corrected chi connectivity index (χ3v) is 4.06. The number of nitrogens with two attached hydrogens (primary N) is 1. The van der Waals surface area contributed by atoms with E-state index in [1.807, 2.05) is 31.2 Å². The molecule has 0 radical (unpaired) electrons. The van der Waals surface area contributed by atoms with Crippen LogP contribution >= 0.6 is 0 Å². The van der Waals surface area contributed by atoms with Gasteiger partial charge in [0.05, 0.1) is 0 Å². The minimum atomic E-state index is -0.832. The van der Waals surface area contributed by atoms with Gasteiger partial charge >= 0.3 is 0 Å². The van der Waals surface area contributed by atoms with E-state index in [0.717, 1.165) is 29.4 Å². The fourth-order valence-corrected chi connectivity index (χ4v) is 2.80. The molecule has 0 spiro atoms. The Morgan fingerprint density at radius 3 is 2.72 bits per heavy atom. The number of fused-ring (bicyclic) bond motifs is 1. The third kappa shape index (κ3) is 1.84. The van der Waals surface area contributed by atoms with Crippen molar-refractivity contribution in [2.75, 3.05) is 0 Å². The van der Waals surface area contributed by atoms with Gasteiger partial charge in [0.25, 0.3) is 0 Å². The van der Waals surface area contributed by atoms with Crippen LogP contribution in [-0.4, -0.2) is 11.1 Å². The first-order valence-electron chi connectivity index (χ1n) is 6.56. The molecule has 1 aromatic carbocycles. The number of aryl methyl sites for hydroxylation is 1. The topological polar surface area (TPSA) is 59.4 Å². The van der Waals surface area contributed by atoms with Crippen molar-refractivity contribution in [3.05, 3.63) is 35.6 Å². The summed E-state index contributed by atoms with van der Waals surface area (Å²) in [6.07, 6.45) is 3.08. The van der Waals surface area contributed by atoms with E-state index in [1.165, 1.54) is 0 Å². The first-order valence-corrected chi connectivity index (χ1v) is 6.56. The Morgan fingerprint density at radius 2 is 2.06 bits per heavy atom. The Kier molecular flexibility index (Phi) is 2.68. The molecule has 3 heteroatoms. The van der Waals surface area contributed by atoms with Gasteiger partial charge in [0.15, 0.2) is 0 Å². The Balaban J connectivity index is 2.01. The van der Waals surface area contributed by atoms with E-state index < -0.39 is 5.60 Å². The third-order valence-electron chi connectivity index (χ3n) is 4.06. The van der Waals surface area contributed by atoms with Crippen LogP contribution in [0.1, 0.15) is 37.0 Å². The summed E-state index contributed by atoms with van der Waals surface area (Å²) in [6.45, 7) is 2.02. The second-order valence-electron chi connectivity index (χ2n) is 5.47. The highest BCUT2D eigenvalue weighted by atomic mass is 16.4. The van der Waals surface area contributed by atoms with Crippen LogP contribution in [0.15, 0.2) is 28.7 Å². The average molecular weight is 245 g/mol. The molecule has 0 saturated heterocycles. The standard InChI is InChI=1S/C15H19NO2/c1-10-3-2-4-11-9-13(18-14(10)11)15(17)7-5-12(16)6-8-15/h2-4,9,12,17H,5-8,16H2,1H3. The molecule has 0 aliphatic heterocycles. The molecule has 1 fully saturated rings. The summed E-state index contributed by atoms with van der Waals surface area (Å²) in [4.78, 5) is 0. The zero-order chi connectivity index (χ0) is 12.8. The molecule has 1 heterocycles. The van der Waals surface area contributed by atoms with Crippen molar-refractivity contribution in [1.29, 1.82) is 0 Å². The van der Waals surface area contributed by atoms with Gasteiger partial charge in [-0.15, -0.1) is 0 Å². The highest BCUT2D eigenvalue weighted by Gasteiger charge is 2.36. The van der Waals surface area contributed by atoms with Crippen molar-refractivity contribution in [2.24, 2.45) is 5.73 Å². The van der Waals surface area contributed by atoms with Crippen molar-refractivity contribution in [3.8, 4) is 0 Å². The van der Waals surface area contributed by atoms with Crippen LogP contribution in [0.5, 0.6) is 0 Å². The molecule has 96 valence electrons. The number of furan rings is 1. The molecule has 2 aromatic rings. The quantitative estimate of drug-likeness (QED) is 0.812. The molecular formula is C15H19NO2. The number of rotatable bonds is 1. The number of aliphatic hydroxyl groups is 1. The zero-order valence-electron chi connectivity index (χ0n) is 10.6. The molecule has 3 nitrogen and oxygen atoms in total. The normalized spacial score (nSPS) is 28.7. The lowest BCUT2D eigenvalue weighted by Gasteiger charge is -2.32. The predicted molar refractivity (Wildman–Crippen MR) is 71.3 cm³/mol. The number of hydrogen-bond acceptors (Lipinski definition) is 3. The maximum atomic E-state index is 10.7. The molecular weight excluding hydrogens is 226 g/mol. The maximum Gasteiger partial charge on any atom is 0.137 e. The largest absolute Gasteiger partial charge is 0.458 e. The van der Waals surface area contributed by atoms with Crippen LogP contribution in [0.25, 0.3) is 11.0 Å². The molecule has 1 aromatic heterocycles. The van der Waals surface area contributed by atoms with Crippen LogP contribution in [0.2, 0.25) is 0 Å². The van der Waals surface area contributed by atoms with Gasteiger partial charge in [-0.1, -0.05) is 18.2 Å². The van der Waals surface area contributed by atoms with Crippen molar-refractivity contribution in [2.45, 2.75) is 44.2 Å². The number of hydrogen-bond donors (Lipinski definition) is 2. The van der Waals surface area contributed by atoms with Gasteiger partial charge in [-0.3, -0.25) is 0 Å². The molecule has 0 unspecified atom stereocenters. The zero-order valence-corrected chi connectivity index (χ0v) is 10.6. The fourth-order valence-electron chi connectivity index (χ4n) is 2.80. The van der Waals surface area contributed by atoms with E-state index in [2.05, 4.69) is 0 Å². The minimum absolute atomic E-state index is 0.219. The molecule has 0 bridgehead atoms. The lowest BCUT2D eigenvalue weighted by atomic mass is 9.81. The van der Waals surface area contributed by atoms with Crippen LogP contribution in [0.3, 0.4) is 0 Å². The van der Waals surface area contributed by atoms with Crippen LogP contribution in [0, 0.1) is 6.92 Å². The van der Waals surface area contributed by atoms with Gasteiger partial charge in [0, 0.05) is 11.4 Å².